The number of benzene rings is 2. The molecule has 4 nitrogen and oxygen atoms in total. The highest BCUT2D eigenvalue weighted by Gasteiger charge is 2.01. The minimum Gasteiger partial charge on any atom is -0.326 e. The van der Waals surface area contributed by atoms with Crippen molar-refractivity contribution in [1.29, 1.82) is 0 Å². The van der Waals surface area contributed by atoms with Crippen molar-refractivity contribution >= 4 is 39.4 Å². The molecule has 3 aromatic rings. The zero-order valence-electron chi connectivity index (χ0n) is 13.1. The lowest BCUT2D eigenvalue weighted by Crippen LogP contribution is -2.04. The SMILES string of the molecule is CC(=O)Nc1ccc(N=Cc2cccn2-c2ccc(Br)cc2)cc1. The molecule has 0 bridgehead atoms. The molecule has 0 unspecified atom stereocenters. The standard InChI is InChI=1S/C19H16BrN3O/c1-14(24)22-17-8-6-16(7-9-17)21-13-19-3-2-12-23(19)18-10-4-15(20)5-11-18/h2-13H,1H3,(H,22,24). The number of halogens is 1. The fraction of sp³-hybridized carbons (Fsp3) is 0.0526. The molecule has 0 aliphatic heterocycles. The first-order chi connectivity index (χ1) is 11.6. The molecule has 1 N–H and O–H groups in total. The lowest BCUT2D eigenvalue weighted by Gasteiger charge is -2.06. The zero-order valence-corrected chi connectivity index (χ0v) is 14.7. The van der Waals surface area contributed by atoms with Crippen LogP contribution >= 0.6 is 15.9 Å². The number of aromatic nitrogens is 1. The average molecular weight is 382 g/mol. The molecule has 0 saturated heterocycles. The summed E-state index contributed by atoms with van der Waals surface area (Å²) in [5.74, 6) is -0.0847. The second-order valence-corrected chi connectivity index (χ2v) is 6.18. The summed E-state index contributed by atoms with van der Waals surface area (Å²) in [6.45, 7) is 1.49. The Labute approximate surface area is 149 Å². The number of nitrogens with zero attached hydrogens (tertiary/aromatic N) is 2. The van der Waals surface area contributed by atoms with Gasteiger partial charge in [-0.2, -0.15) is 0 Å². The molecule has 1 aromatic heterocycles. The highest BCUT2D eigenvalue weighted by atomic mass is 79.9. The second kappa shape index (κ2) is 7.27. The van der Waals surface area contributed by atoms with Gasteiger partial charge in [0.1, 0.15) is 0 Å². The maximum absolute atomic E-state index is 11.0. The van der Waals surface area contributed by atoms with Crippen molar-refractivity contribution in [3.05, 3.63) is 77.0 Å². The average Bonchev–Trinajstić information content (AvgIpc) is 3.03. The molecule has 24 heavy (non-hydrogen) atoms. The van der Waals surface area contributed by atoms with Gasteiger partial charge in [-0.3, -0.25) is 9.79 Å². The topological polar surface area (TPSA) is 46.4 Å². The van der Waals surface area contributed by atoms with Crippen LogP contribution in [0.4, 0.5) is 11.4 Å². The van der Waals surface area contributed by atoms with Crippen molar-refractivity contribution in [3.8, 4) is 5.69 Å². The van der Waals surface area contributed by atoms with Crippen molar-refractivity contribution in [2.75, 3.05) is 5.32 Å². The molecule has 1 heterocycles. The zero-order chi connectivity index (χ0) is 16.9. The molecule has 1 amide bonds. The summed E-state index contributed by atoms with van der Waals surface area (Å²) in [4.78, 5) is 15.5. The Bertz CT molecular complexity index is 864. The Morgan fingerprint density at radius 2 is 1.79 bits per heavy atom. The van der Waals surface area contributed by atoms with E-state index in [0.717, 1.165) is 27.2 Å². The molecule has 2 aromatic carbocycles. The Morgan fingerprint density at radius 1 is 1.08 bits per heavy atom. The number of rotatable bonds is 4. The number of carbonyl (C=O) groups is 1. The molecule has 0 aliphatic rings. The van der Waals surface area contributed by atoms with Crippen molar-refractivity contribution in [2.24, 2.45) is 4.99 Å². The summed E-state index contributed by atoms with van der Waals surface area (Å²) in [6.07, 6.45) is 3.83. The van der Waals surface area contributed by atoms with E-state index in [-0.39, 0.29) is 5.91 Å². The van der Waals surface area contributed by atoms with Crippen LogP contribution in [0.15, 0.2) is 76.3 Å². The summed E-state index contributed by atoms with van der Waals surface area (Å²) < 4.78 is 3.12. The van der Waals surface area contributed by atoms with Crippen LogP contribution in [0.5, 0.6) is 0 Å². The highest BCUT2D eigenvalue weighted by molar-refractivity contribution is 9.10. The fourth-order valence-electron chi connectivity index (χ4n) is 2.31. The molecule has 0 atom stereocenters. The van der Waals surface area contributed by atoms with Crippen molar-refractivity contribution in [1.82, 2.24) is 4.57 Å². The van der Waals surface area contributed by atoms with Gasteiger partial charge >= 0.3 is 0 Å². The van der Waals surface area contributed by atoms with Crippen LogP contribution in [0.1, 0.15) is 12.6 Å². The molecule has 0 spiro atoms. The van der Waals surface area contributed by atoms with Gasteiger partial charge in [0.05, 0.1) is 17.6 Å². The third kappa shape index (κ3) is 4.00. The van der Waals surface area contributed by atoms with Crippen LogP contribution in [0.2, 0.25) is 0 Å². The number of aliphatic imine (C=N–C) groups is 1. The third-order valence-corrected chi connectivity index (χ3v) is 3.95. The normalized spacial score (nSPS) is 10.9. The molecule has 3 rings (SSSR count). The number of hydrogen-bond acceptors (Lipinski definition) is 2. The summed E-state index contributed by atoms with van der Waals surface area (Å²) in [5.41, 5.74) is 3.65. The summed E-state index contributed by atoms with van der Waals surface area (Å²) >= 11 is 3.45. The summed E-state index contributed by atoms with van der Waals surface area (Å²) in [7, 11) is 0. The third-order valence-electron chi connectivity index (χ3n) is 3.42. The van der Waals surface area contributed by atoms with Gasteiger partial charge in [-0.25, -0.2) is 0 Å². The number of hydrogen-bond donors (Lipinski definition) is 1. The van der Waals surface area contributed by atoms with E-state index in [1.54, 1.807) is 0 Å². The van der Waals surface area contributed by atoms with Gasteiger partial charge in [0, 0.05) is 29.0 Å². The Hall–Kier alpha value is -2.66. The van der Waals surface area contributed by atoms with Gasteiger partial charge in [-0.05, 0) is 60.7 Å². The van der Waals surface area contributed by atoms with E-state index >= 15 is 0 Å². The monoisotopic (exact) mass is 381 g/mol. The minimum absolute atomic E-state index is 0.0847. The van der Waals surface area contributed by atoms with Gasteiger partial charge < -0.3 is 9.88 Å². The number of amides is 1. The first-order valence-electron chi connectivity index (χ1n) is 7.47. The van der Waals surface area contributed by atoms with Crippen LogP contribution in [0, 0.1) is 0 Å². The predicted octanol–water partition coefficient (Wildman–Crippen LogP) is 4.95. The molecule has 0 radical (unpaired) electrons. The van der Waals surface area contributed by atoms with Crippen molar-refractivity contribution < 1.29 is 4.79 Å². The number of anilines is 1. The molecular weight excluding hydrogens is 366 g/mol. The minimum atomic E-state index is -0.0847. The van der Waals surface area contributed by atoms with Crippen LogP contribution in [-0.4, -0.2) is 16.7 Å². The Kier molecular flexibility index (Phi) is 4.91. The largest absolute Gasteiger partial charge is 0.326 e. The van der Waals surface area contributed by atoms with E-state index in [1.807, 2.05) is 73.1 Å². The van der Waals surface area contributed by atoms with Gasteiger partial charge in [0.15, 0.2) is 0 Å². The van der Waals surface area contributed by atoms with Gasteiger partial charge in [0.25, 0.3) is 0 Å². The number of nitrogens with one attached hydrogen (secondary N) is 1. The van der Waals surface area contributed by atoms with Gasteiger partial charge in [-0.1, -0.05) is 15.9 Å². The molecular formula is C19H16BrN3O. The van der Waals surface area contributed by atoms with E-state index < -0.39 is 0 Å². The maximum Gasteiger partial charge on any atom is 0.221 e. The second-order valence-electron chi connectivity index (χ2n) is 5.27. The Morgan fingerprint density at radius 3 is 2.46 bits per heavy atom. The molecule has 0 saturated carbocycles. The first-order valence-corrected chi connectivity index (χ1v) is 8.26. The van der Waals surface area contributed by atoms with Crippen molar-refractivity contribution in [2.45, 2.75) is 6.92 Å². The lowest BCUT2D eigenvalue weighted by molar-refractivity contribution is -0.114. The van der Waals surface area contributed by atoms with E-state index in [0.29, 0.717) is 0 Å². The van der Waals surface area contributed by atoms with E-state index in [2.05, 4.69) is 30.8 Å². The quantitative estimate of drug-likeness (QED) is 0.638. The van der Waals surface area contributed by atoms with Crippen LogP contribution in [0.3, 0.4) is 0 Å². The molecule has 5 heteroatoms. The van der Waals surface area contributed by atoms with Gasteiger partial charge in [-0.15, -0.1) is 0 Å². The summed E-state index contributed by atoms with van der Waals surface area (Å²) in [6, 6.07) is 19.5. The van der Waals surface area contributed by atoms with Crippen molar-refractivity contribution in [3.63, 3.8) is 0 Å². The molecule has 0 aliphatic carbocycles. The lowest BCUT2D eigenvalue weighted by atomic mass is 10.3. The predicted molar refractivity (Wildman–Crippen MR) is 101 cm³/mol. The Balaban J connectivity index is 1.79. The first kappa shape index (κ1) is 16.2. The van der Waals surface area contributed by atoms with Crippen LogP contribution < -0.4 is 5.32 Å². The van der Waals surface area contributed by atoms with Crippen LogP contribution in [-0.2, 0) is 4.79 Å². The molecule has 120 valence electrons. The van der Waals surface area contributed by atoms with E-state index in [1.165, 1.54) is 6.92 Å². The highest BCUT2D eigenvalue weighted by Crippen LogP contribution is 2.18. The number of carbonyl (C=O) groups excluding carboxylic acids is 1. The maximum atomic E-state index is 11.0. The van der Waals surface area contributed by atoms with Crippen LogP contribution in [0.25, 0.3) is 5.69 Å². The van der Waals surface area contributed by atoms with E-state index in [4.69, 9.17) is 0 Å². The smallest absolute Gasteiger partial charge is 0.221 e. The van der Waals surface area contributed by atoms with E-state index in [9.17, 15) is 4.79 Å². The fourth-order valence-corrected chi connectivity index (χ4v) is 2.58. The van der Waals surface area contributed by atoms with Gasteiger partial charge in [0.2, 0.25) is 5.91 Å². The summed E-state index contributed by atoms with van der Waals surface area (Å²) in [5, 5.41) is 2.74. The molecule has 0 fully saturated rings.